The second-order valence-corrected chi connectivity index (χ2v) is 4.72. The summed E-state index contributed by atoms with van der Waals surface area (Å²) in [5, 5.41) is 3.02. The maximum Gasteiger partial charge on any atom is 0.148 e. The number of nitrogens with one attached hydrogen (secondary N) is 1. The zero-order valence-electron chi connectivity index (χ0n) is 5.42. The maximum atomic E-state index is 10.6. The third-order valence-electron chi connectivity index (χ3n) is 1.43. The Kier molecular flexibility index (Phi) is 1.77. The fourth-order valence-corrected chi connectivity index (χ4v) is 1.87. The van der Waals surface area contributed by atoms with Crippen molar-refractivity contribution in [3.63, 3.8) is 0 Å². The van der Waals surface area contributed by atoms with E-state index >= 15 is 0 Å². The van der Waals surface area contributed by atoms with E-state index in [0.29, 0.717) is 5.75 Å². The topological polar surface area (TPSA) is 46.2 Å². The zero-order chi connectivity index (χ0) is 6.91. The molecule has 1 rings (SSSR count). The van der Waals surface area contributed by atoms with Crippen molar-refractivity contribution in [3.8, 4) is 0 Å². The molecule has 3 nitrogen and oxygen atoms in total. The van der Waals surface area contributed by atoms with Crippen molar-refractivity contribution in [1.29, 1.82) is 0 Å². The third kappa shape index (κ3) is 2.32. The van der Waals surface area contributed by atoms with Crippen LogP contribution in [-0.2, 0) is 9.84 Å². The van der Waals surface area contributed by atoms with E-state index in [9.17, 15) is 8.42 Å². The van der Waals surface area contributed by atoms with E-state index in [2.05, 4.69) is 5.32 Å². The second kappa shape index (κ2) is 2.27. The Balaban J connectivity index is 2.33. The van der Waals surface area contributed by atoms with E-state index < -0.39 is 9.84 Å². The molecule has 0 radical (unpaired) electrons. The van der Waals surface area contributed by atoms with Crippen LogP contribution in [0.1, 0.15) is 6.42 Å². The van der Waals surface area contributed by atoms with E-state index in [1.54, 1.807) is 0 Å². The van der Waals surface area contributed by atoms with Gasteiger partial charge >= 0.3 is 0 Å². The molecule has 54 valence electrons. The van der Waals surface area contributed by atoms with Crippen LogP contribution >= 0.6 is 0 Å². The molecule has 1 saturated heterocycles. The first kappa shape index (κ1) is 7.02. The molecule has 4 heteroatoms. The lowest BCUT2D eigenvalue weighted by Gasteiger charge is -2.26. The van der Waals surface area contributed by atoms with Crippen LogP contribution in [0.15, 0.2) is 0 Å². The minimum atomic E-state index is -2.75. The summed E-state index contributed by atoms with van der Waals surface area (Å²) < 4.78 is 21.2. The predicted octanol–water partition coefficient (Wildman–Crippen LogP) is -0.607. The molecule has 0 aromatic rings. The normalized spacial score (nSPS) is 27.4. The van der Waals surface area contributed by atoms with Crippen molar-refractivity contribution in [2.75, 3.05) is 18.6 Å². The molecular weight excluding hydrogens is 138 g/mol. The van der Waals surface area contributed by atoms with Crippen LogP contribution in [0, 0.1) is 0 Å². The minimum absolute atomic E-state index is 0.236. The van der Waals surface area contributed by atoms with Crippen molar-refractivity contribution < 1.29 is 8.42 Å². The smallest absolute Gasteiger partial charge is 0.148 e. The van der Waals surface area contributed by atoms with Gasteiger partial charge in [0.15, 0.2) is 0 Å². The quantitative estimate of drug-likeness (QED) is 0.570. The average molecular weight is 149 g/mol. The van der Waals surface area contributed by atoms with Gasteiger partial charge in [-0.15, -0.1) is 0 Å². The average Bonchev–Trinajstić information content (AvgIpc) is 1.53. The Hall–Kier alpha value is -0.0900. The van der Waals surface area contributed by atoms with Gasteiger partial charge < -0.3 is 5.32 Å². The Labute approximate surface area is 55.4 Å². The lowest BCUT2D eigenvalue weighted by atomic mass is 10.1. The first-order valence-corrected chi connectivity index (χ1v) is 5.05. The van der Waals surface area contributed by atoms with E-state index in [0.717, 1.165) is 13.0 Å². The molecule has 9 heavy (non-hydrogen) atoms. The predicted molar refractivity (Wildman–Crippen MR) is 36.1 cm³/mol. The van der Waals surface area contributed by atoms with Crippen molar-refractivity contribution in [2.24, 2.45) is 0 Å². The summed E-state index contributed by atoms with van der Waals surface area (Å²) in [6.45, 7) is 0.972. The fourth-order valence-electron chi connectivity index (χ4n) is 0.856. The van der Waals surface area contributed by atoms with Gasteiger partial charge in [-0.1, -0.05) is 0 Å². The molecule has 1 N–H and O–H groups in total. The molecule has 0 aromatic heterocycles. The molecule has 0 bridgehead atoms. The van der Waals surface area contributed by atoms with Gasteiger partial charge in [0.25, 0.3) is 0 Å². The highest BCUT2D eigenvalue weighted by Crippen LogP contribution is 2.03. The van der Waals surface area contributed by atoms with Gasteiger partial charge in [0.05, 0.1) is 5.75 Å². The molecule has 0 aliphatic carbocycles. The Morgan fingerprint density at radius 2 is 2.22 bits per heavy atom. The van der Waals surface area contributed by atoms with Gasteiger partial charge in [-0.3, -0.25) is 0 Å². The summed E-state index contributed by atoms with van der Waals surface area (Å²) in [5.41, 5.74) is 0. The molecule has 1 aliphatic heterocycles. The highest BCUT2D eigenvalue weighted by Gasteiger charge is 2.20. The molecule has 1 fully saturated rings. The summed E-state index contributed by atoms with van der Waals surface area (Å²) >= 11 is 0. The van der Waals surface area contributed by atoms with Crippen molar-refractivity contribution in [1.82, 2.24) is 5.32 Å². The van der Waals surface area contributed by atoms with E-state index in [1.165, 1.54) is 6.26 Å². The lowest BCUT2D eigenvalue weighted by molar-refractivity contribution is 0.399. The molecule has 1 aliphatic rings. The first-order chi connectivity index (χ1) is 4.08. The minimum Gasteiger partial charge on any atom is -0.313 e. The summed E-state index contributed by atoms with van der Waals surface area (Å²) in [5.74, 6) is 0.299. The number of rotatable bonds is 2. The van der Waals surface area contributed by atoms with Crippen LogP contribution in [0.25, 0.3) is 0 Å². The van der Waals surface area contributed by atoms with E-state index in [4.69, 9.17) is 0 Å². The highest BCUT2D eigenvalue weighted by atomic mass is 32.2. The largest absolute Gasteiger partial charge is 0.313 e. The monoisotopic (exact) mass is 149 g/mol. The van der Waals surface area contributed by atoms with Gasteiger partial charge in [0.2, 0.25) is 0 Å². The van der Waals surface area contributed by atoms with Crippen LogP contribution in [0.4, 0.5) is 0 Å². The van der Waals surface area contributed by atoms with Crippen LogP contribution in [0.2, 0.25) is 0 Å². The molecule has 1 heterocycles. The lowest BCUT2D eigenvalue weighted by Crippen LogP contribution is -2.47. The Morgan fingerprint density at radius 3 is 2.33 bits per heavy atom. The zero-order valence-corrected chi connectivity index (χ0v) is 6.24. The summed E-state index contributed by atoms with van der Waals surface area (Å²) in [4.78, 5) is 0. The molecule has 0 unspecified atom stereocenters. The summed E-state index contributed by atoms with van der Waals surface area (Å²) in [6, 6.07) is 0.236. The molecular formula is C5H11NO2S. The fraction of sp³-hybridized carbons (Fsp3) is 1.00. The van der Waals surface area contributed by atoms with Gasteiger partial charge in [-0.25, -0.2) is 8.42 Å². The standard InChI is InChI=1S/C5H11NO2S/c1-9(7,8)4-5-2-3-6-5/h5-6H,2-4H2,1H3/t5-/m0/s1. The van der Waals surface area contributed by atoms with Gasteiger partial charge in [-0.05, 0) is 13.0 Å². The number of hydrogen-bond acceptors (Lipinski definition) is 3. The SMILES string of the molecule is CS(=O)(=O)C[C@@H]1CCN1. The third-order valence-corrected chi connectivity index (χ3v) is 2.44. The van der Waals surface area contributed by atoms with E-state index in [1.807, 2.05) is 0 Å². The highest BCUT2D eigenvalue weighted by molar-refractivity contribution is 7.90. The second-order valence-electron chi connectivity index (χ2n) is 2.53. The van der Waals surface area contributed by atoms with Crippen LogP contribution in [-0.4, -0.2) is 33.0 Å². The van der Waals surface area contributed by atoms with Crippen molar-refractivity contribution >= 4 is 9.84 Å². The molecule has 0 aromatic carbocycles. The molecule has 0 spiro atoms. The molecule has 0 amide bonds. The van der Waals surface area contributed by atoms with Crippen molar-refractivity contribution in [2.45, 2.75) is 12.5 Å². The number of sulfone groups is 1. The Bertz CT molecular complexity index is 181. The van der Waals surface area contributed by atoms with Crippen LogP contribution < -0.4 is 5.32 Å². The molecule has 0 saturated carbocycles. The van der Waals surface area contributed by atoms with Gasteiger partial charge in [-0.2, -0.15) is 0 Å². The molecule has 1 atom stereocenters. The van der Waals surface area contributed by atoms with Crippen molar-refractivity contribution in [3.05, 3.63) is 0 Å². The maximum absolute atomic E-state index is 10.6. The van der Waals surface area contributed by atoms with E-state index in [-0.39, 0.29) is 6.04 Å². The van der Waals surface area contributed by atoms with Crippen LogP contribution in [0.5, 0.6) is 0 Å². The Morgan fingerprint density at radius 1 is 1.67 bits per heavy atom. The summed E-state index contributed by atoms with van der Waals surface area (Å²) in [7, 11) is -2.75. The first-order valence-electron chi connectivity index (χ1n) is 2.99. The van der Waals surface area contributed by atoms with Gasteiger partial charge in [0.1, 0.15) is 9.84 Å². The van der Waals surface area contributed by atoms with Crippen LogP contribution in [0.3, 0.4) is 0 Å². The van der Waals surface area contributed by atoms with Gasteiger partial charge in [0, 0.05) is 12.3 Å². The summed E-state index contributed by atoms with van der Waals surface area (Å²) in [6.07, 6.45) is 2.28. The number of hydrogen-bond donors (Lipinski definition) is 1.